The van der Waals surface area contributed by atoms with Gasteiger partial charge in [-0.15, -0.1) is 11.6 Å². The second kappa shape index (κ2) is 6.49. The van der Waals surface area contributed by atoms with Crippen molar-refractivity contribution >= 4 is 11.6 Å². The standard InChI is InChI=1S/C8H14ClF3O/c1-7(5-9)6-13-4-2-3-8(10,11)12/h7H,2-6H2,1H3. The van der Waals surface area contributed by atoms with Crippen LogP contribution in [-0.2, 0) is 4.74 Å². The highest BCUT2D eigenvalue weighted by molar-refractivity contribution is 6.18. The zero-order valence-electron chi connectivity index (χ0n) is 7.53. The number of hydrogen-bond acceptors (Lipinski definition) is 1. The van der Waals surface area contributed by atoms with Gasteiger partial charge in [-0.1, -0.05) is 6.92 Å². The van der Waals surface area contributed by atoms with Gasteiger partial charge in [0.25, 0.3) is 0 Å². The smallest absolute Gasteiger partial charge is 0.381 e. The fraction of sp³-hybridized carbons (Fsp3) is 1.00. The zero-order valence-corrected chi connectivity index (χ0v) is 8.29. The highest BCUT2D eigenvalue weighted by Crippen LogP contribution is 2.21. The van der Waals surface area contributed by atoms with Crippen LogP contribution in [0.15, 0.2) is 0 Å². The van der Waals surface area contributed by atoms with Crippen molar-refractivity contribution in [2.45, 2.75) is 25.9 Å². The predicted molar refractivity (Wildman–Crippen MR) is 46.0 cm³/mol. The van der Waals surface area contributed by atoms with Gasteiger partial charge in [0.05, 0.1) is 6.61 Å². The quantitative estimate of drug-likeness (QED) is 0.491. The molecule has 0 aromatic carbocycles. The molecule has 0 fully saturated rings. The van der Waals surface area contributed by atoms with E-state index in [0.717, 1.165) is 0 Å². The maximum Gasteiger partial charge on any atom is 0.389 e. The summed E-state index contributed by atoms with van der Waals surface area (Å²) < 4.78 is 39.9. The Morgan fingerprint density at radius 3 is 2.46 bits per heavy atom. The lowest BCUT2D eigenvalue weighted by atomic mass is 10.2. The first-order valence-corrected chi connectivity index (χ1v) is 4.69. The summed E-state index contributed by atoms with van der Waals surface area (Å²) in [4.78, 5) is 0. The van der Waals surface area contributed by atoms with E-state index >= 15 is 0 Å². The molecule has 0 saturated carbocycles. The summed E-state index contributed by atoms with van der Waals surface area (Å²) >= 11 is 5.48. The fourth-order valence-corrected chi connectivity index (χ4v) is 0.793. The highest BCUT2D eigenvalue weighted by Gasteiger charge is 2.25. The molecule has 0 N–H and O–H groups in total. The average Bonchev–Trinajstić information content (AvgIpc) is 2.01. The van der Waals surface area contributed by atoms with E-state index < -0.39 is 12.6 Å². The Balaban J connectivity index is 3.18. The van der Waals surface area contributed by atoms with Crippen LogP contribution >= 0.6 is 11.6 Å². The first kappa shape index (κ1) is 13.0. The summed E-state index contributed by atoms with van der Waals surface area (Å²) in [6.07, 6.45) is -4.82. The summed E-state index contributed by atoms with van der Waals surface area (Å²) in [5.41, 5.74) is 0. The van der Waals surface area contributed by atoms with Crippen LogP contribution in [0.4, 0.5) is 13.2 Å². The molecule has 80 valence electrons. The van der Waals surface area contributed by atoms with Crippen LogP contribution in [0.5, 0.6) is 0 Å². The van der Waals surface area contributed by atoms with Gasteiger partial charge in [0, 0.05) is 18.9 Å². The van der Waals surface area contributed by atoms with Crippen molar-refractivity contribution in [3.63, 3.8) is 0 Å². The lowest BCUT2D eigenvalue weighted by Crippen LogP contribution is -2.11. The summed E-state index contributed by atoms with van der Waals surface area (Å²) in [5.74, 6) is 0.673. The van der Waals surface area contributed by atoms with Crippen molar-refractivity contribution in [2.75, 3.05) is 19.1 Å². The van der Waals surface area contributed by atoms with E-state index in [9.17, 15) is 13.2 Å². The molecule has 0 aromatic heterocycles. The monoisotopic (exact) mass is 218 g/mol. The zero-order chi connectivity index (χ0) is 10.3. The minimum atomic E-state index is -4.07. The van der Waals surface area contributed by atoms with Crippen LogP contribution in [0.1, 0.15) is 19.8 Å². The molecular formula is C8H14ClF3O. The molecule has 0 spiro atoms. The third-order valence-corrected chi connectivity index (χ3v) is 1.94. The van der Waals surface area contributed by atoms with E-state index in [1.807, 2.05) is 6.92 Å². The Kier molecular flexibility index (Phi) is 6.51. The van der Waals surface area contributed by atoms with Crippen molar-refractivity contribution in [3.05, 3.63) is 0 Å². The predicted octanol–water partition coefficient (Wildman–Crippen LogP) is 3.22. The van der Waals surface area contributed by atoms with E-state index in [-0.39, 0.29) is 18.9 Å². The Bertz CT molecular complexity index is 127. The molecular weight excluding hydrogens is 205 g/mol. The first-order chi connectivity index (χ1) is 5.95. The minimum Gasteiger partial charge on any atom is -0.381 e. The number of ether oxygens (including phenoxy) is 1. The number of alkyl halides is 4. The van der Waals surface area contributed by atoms with Crippen LogP contribution in [0.25, 0.3) is 0 Å². The van der Waals surface area contributed by atoms with Crippen LogP contribution in [0, 0.1) is 5.92 Å². The summed E-state index contributed by atoms with van der Waals surface area (Å²) in [7, 11) is 0. The van der Waals surface area contributed by atoms with Gasteiger partial charge in [-0.2, -0.15) is 13.2 Å². The molecule has 1 atom stereocenters. The Morgan fingerprint density at radius 1 is 1.38 bits per heavy atom. The van der Waals surface area contributed by atoms with Gasteiger partial charge in [0.2, 0.25) is 0 Å². The fourth-order valence-electron chi connectivity index (χ4n) is 0.704. The molecule has 0 saturated heterocycles. The van der Waals surface area contributed by atoms with Gasteiger partial charge >= 0.3 is 6.18 Å². The molecule has 0 radical (unpaired) electrons. The third kappa shape index (κ3) is 9.96. The SMILES string of the molecule is CC(CCl)COCCCC(F)(F)F. The van der Waals surface area contributed by atoms with E-state index in [2.05, 4.69) is 0 Å². The average molecular weight is 219 g/mol. The van der Waals surface area contributed by atoms with E-state index in [4.69, 9.17) is 16.3 Å². The van der Waals surface area contributed by atoms with Gasteiger partial charge in [-0.05, 0) is 12.3 Å². The summed E-state index contributed by atoms with van der Waals surface area (Å²) in [5, 5.41) is 0. The Labute approximate surface area is 81.2 Å². The Morgan fingerprint density at radius 2 is 2.00 bits per heavy atom. The maximum absolute atomic E-state index is 11.6. The molecule has 0 aliphatic heterocycles. The van der Waals surface area contributed by atoms with Crippen LogP contribution in [0.2, 0.25) is 0 Å². The Hall–Kier alpha value is 0.0400. The largest absolute Gasteiger partial charge is 0.389 e. The van der Waals surface area contributed by atoms with Gasteiger partial charge in [-0.25, -0.2) is 0 Å². The van der Waals surface area contributed by atoms with Crippen molar-refractivity contribution in [2.24, 2.45) is 5.92 Å². The molecule has 0 amide bonds. The first-order valence-electron chi connectivity index (χ1n) is 4.16. The summed E-state index contributed by atoms with van der Waals surface area (Å²) in [6.45, 7) is 2.47. The van der Waals surface area contributed by atoms with Gasteiger partial charge in [0.1, 0.15) is 0 Å². The summed E-state index contributed by atoms with van der Waals surface area (Å²) in [6, 6.07) is 0. The van der Waals surface area contributed by atoms with Crippen LogP contribution < -0.4 is 0 Å². The maximum atomic E-state index is 11.6. The van der Waals surface area contributed by atoms with Crippen molar-refractivity contribution in [3.8, 4) is 0 Å². The minimum absolute atomic E-state index is 0.0263. The molecule has 0 aliphatic rings. The van der Waals surface area contributed by atoms with E-state index in [1.165, 1.54) is 0 Å². The number of rotatable bonds is 6. The molecule has 0 aromatic rings. The van der Waals surface area contributed by atoms with Crippen molar-refractivity contribution < 1.29 is 17.9 Å². The lowest BCUT2D eigenvalue weighted by Gasteiger charge is -2.09. The normalized spacial score (nSPS) is 14.5. The molecule has 13 heavy (non-hydrogen) atoms. The second-order valence-corrected chi connectivity index (χ2v) is 3.36. The molecule has 1 nitrogen and oxygen atoms in total. The molecule has 0 heterocycles. The lowest BCUT2D eigenvalue weighted by molar-refractivity contribution is -0.138. The van der Waals surface area contributed by atoms with Gasteiger partial charge in [0.15, 0.2) is 0 Å². The molecule has 0 bridgehead atoms. The third-order valence-electron chi connectivity index (χ3n) is 1.41. The molecule has 1 unspecified atom stereocenters. The van der Waals surface area contributed by atoms with E-state index in [0.29, 0.717) is 12.5 Å². The topological polar surface area (TPSA) is 9.23 Å². The molecule has 5 heteroatoms. The van der Waals surface area contributed by atoms with Gasteiger partial charge in [-0.3, -0.25) is 0 Å². The van der Waals surface area contributed by atoms with E-state index in [1.54, 1.807) is 0 Å². The molecule has 0 rings (SSSR count). The number of halogens is 4. The van der Waals surface area contributed by atoms with Crippen LogP contribution in [0.3, 0.4) is 0 Å². The molecule has 0 aliphatic carbocycles. The van der Waals surface area contributed by atoms with Gasteiger partial charge < -0.3 is 4.74 Å². The highest BCUT2D eigenvalue weighted by atomic mass is 35.5. The number of hydrogen-bond donors (Lipinski definition) is 0. The van der Waals surface area contributed by atoms with Crippen molar-refractivity contribution in [1.82, 2.24) is 0 Å². The van der Waals surface area contributed by atoms with Crippen LogP contribution in [-0.4, -0.2) is 25.3 Å². The second-order valence-electron chi connectivity index (χ2n) is 3.05. The van der Waals surface area contributed by atoms with Crippen molar-refractivity contribution in [1.29, 1.82) is 0 Å².